The number of nitrogens with zero attached hydrogens (tertiary/aromatic N) is 2. The van der Waals surface area contributed by atoms with Crippen molar-refractivity contribution in [2.75, 3.05) is 0 Å². The fourth-order valence-corrected chi connectivity index (χ4v) is 9.56. The maximum absolute atomic E-state index is 7.01. The molecule has 2 aromatic heterocycles. The van der Waals surface area contributed by atoms with E-state index in [1.54, 1.807) is 0 Å². The molecule has 0 fully saturated rings. The van der Waals surface area contributed by atoms with Gasteiger partial charge in [0.25, 0.3) is 0 Å². The summed E-state index contributed by atoms with van der Waals surface area (Å²) < 4.78 is 7.01. The molecule has 1 spiro atoms. The van der Waals surface area contributed by atoms with E-state index in [9.17, 15) is 0 Å². The summed E-state index contributed by atoms with van der Waals surface area (Å²) in [5, 5.41) is 3.49. The molecule has 0 radical (unpaired) electrons. The van der Waals surface area contributed by atoms with E-state index in [4.69, 9.17) is 14.4 Å². The van der Waals surface area contributed by atoms with Crippen molar-refractivity contribution in [3.8, 4) is 67.3 Å². The van der Waals surface area contributed by atoms with Crippen LogP contribution in [-0.4, -0.2) is 9.97 Å². The van der Waals surface area contributed by atoms with Gasteiger partial charge in [0.2, 0.25) is 0 Å². The first-order chi connectivity index (χ1) is 27.8. The van der Waals surface area contributed by atoms with Crippen molar-refractivity contribution in [1.29, 1.82) is 0 Å². The van der Waals surface area contributed by atoms with Crippen LogP contribution < -0.4 is 0 Å². The van der Waals surface area contributed by atoms with Gasteiger partial charge in [0.15, 0.2) is 5.82 Å². The number of fused-ring (bicyclic) bond motifs is 13. The molecule has 3 heteroatoms. The third-order valence-electron chi connectivity index (χ3n) is 11.9. The lowest BCUT2D eigenvalue weighted by Gasteiger charge is -2.28. The van der Waals surface area contributed by atoms with Crippen LogP contribution in [0.15, 0.2) is 199 Å². The van der Waals surface area contributed by atoms with Crippen LogP contribution in [-0.2, 0) is 5.41 Å². The number of hydrogen-bond acceptors (Lipinski definition) is 3. The Morgan fingerprint density at radius 1 is 0.375 bits per heavy atom. The van der Waals surface area contributed by atoms with Gasteiger partial charge in [-0.3, -0.25) is 0 Å². The van der Waals surface area contributed by atoms with Crippen molar-refractivity contribution < 1.29 is 4.42 Å². The number of furan rings is 1. The second-order valence-electron chi connectivity index (χ2n) is 14.8. The molecular weight excluding hydrogens is 681 g/mol. The zero-order valence-electron chi connectivity index (χ0n) is 30.3. The topological polar surface area (TPSA) is 38.9 Å². The highest BCUT2D eigenvalue weighted by Crippen LogP contribution is 2.65. The van der Waals surface area contributed by atoms with Crippen LogP contribution in [0.25, 0.3) is 89.0 Å². The van der Waals surface area contributed by atoms with Crippen LogP contribution in [0.5, 0.6) is 0 Å². The van der Waals surface area contributed by atoms with E-state index >= 15 is 0 Å². The molecule has 12 rings (SSSR count). The largest absolute Gasteiger partial charge is 0.459 e. The van der Waals surface area contributed by atoms with Gasteiger partial charge in [0.1, 0.15) is 16.8 Å². The van der Waals surface area contributed by atoms with Gasteiger partial charge < -0.3 is 4.42 Å². The third kappa shape index (κ3) is 4.28. The lowest BCUT2D eigenvalue weighted by molar-refractivity contribution is 0.507. The normalized spacial score (nSPS) is 13.1. The minimum Gasteiger partial charge on any atom is -0.459 e. The Morgan fingerprint density at radius 2 is 0.964 bits per heavy atom. The molecule has 0 atom stereocenters. The molecule has 0 bridgehead atoms. The Balaban J connectivity index is 1.11. The molecule has 0 N–H and O–H groups in total. The monoisotopic (exact) mass is 712 g/mol. The van der Waals surface area contributed by atoms with Gasteiger partial charge in [-0.2, -0.15) is 0 Å². The molecular formula is C53H32N2O. The molecule has 0 saturated carbocycles. The molecule has 56 heavy (non-hydrogen) atoms. The molecule has 2 heterocycles. The Morgan fingerprint density at radius 3 is 1.75 bits per heavy atom. The van der Waals surface area contributed by atoms with Crippen LogP contribution in [0.3, 0.4) is 0 Å². The van der Waals surface area contributed by atoms with Gasteiger partial charge in [0.05, 0.1) is 11.4 Å². The molecule has 0 saturated heterocycles. The maximum Gasteiger partial charge on any atom is 0.160 e. The fourth-order valence-electron chi connectivity index (χ4n) is 9.56. The zero-order chi connectivity index (χ0) is 36.8. The summed E-state index contributed by atoms with van der Waals surface area (Å²) >= 11 is 0. The zero-order valence-corrected chi connectivity index (χ0v) is 30.3. The molecule has 10 aromatic rings. The van der Waals surface area contributed by atoms with Gasteiger partial charge in [-0.15, -0.1) is 0 Å². The summed E-state index contributed by atoms with van der Waals surface area (Å²) in [7, 11) is 0. The molecule has 8 aromatic carbocycles. The molecule has 3 nitrogen and oxygen atoms in total. The van der Waals surface area contributed by atoms with Gasteiger partial charge in [-0.05, 0) is 73.5 Å². The van der Waals surface area contributed by atoms with Crippen LogP contribution in [0, 0.1) is 0 Å². The van der Waals surface area contributed by atoms with E-state index in [0.29, 0.717) is 5.82 Å². The SMILES string of the molecule is c1ccc(-c2nc(-c3ccccc3-c3ccc4c(c3)C3(c5ccccc5-c5ccccc53)c3oc5ccccc5c3-4)cc(-c3cccc4ccccc34)n2)cc1. The summed E-state index contributed by atoms with van der Waals surface area (Å²) in [6.45, 7) is 0. The van der Waals surface area contributed by atoms with Crippen LogP contribution >= 0.6 is 0 Å². The van der Waals surface area contributed by atoms with Crippen molar-refractivity contribution in [1.82, 2.24) is 9.97 Å². The standard InChI is InChI=1S/C53H32N2O/c1-2-16-34(17-3-1)52-54-47(32-48(55-52)41-25-14-18-33-15-4-5-19-36(33)41)40-23-7-6-20-37(40)35-29-30-42-46(31-35)53(51-50(42)43-24-10-13-28-49(43)56-51)44-26-11-8-21-38(44)39-22-9-12-27-45(39)53/h1-32H. The highest BCUT2D eigenvalue weighted by atomic mass is 16.3. The Bertz CT molecular complexity index is 3160. The summed E-state index contributed by atoms with van der Waals surface area (Å²) in [6, 6.07) is 69.3. The van der Waals surface area contributed by atoms with E-state index in [-0.39, 0.29) is 0 Å². The predicted molar refractivity (Wildman–Crippen MR) is 227 cm³/mol. The fraction of sp³-hybridized carbons (Fsp3) is 0.0189. The summed E-state index contributed by atoms with van der Waals surface area (Å²) in [5.74, 6) is 1.70. The minimum atomic E-state index is -0.598. The highest BCUT2D eigenvalue weighted by molar-refractivity contribution is 6.05. The van der Waals surface area contributed by atoms with Crippen molar-refractivity contribution in [3.63, 3.8) is 0 Å². The number of benzene rings is 8. The number of para-hydroxylation sites is 1. The van der Waals surface area contributed by atoms with Crippen molar-refractivity contribution in [3.05, 3.63) is 217 Å². The second-order valence-corrected chi connectivity index (χ2v) is 14.8. The summed E-state index contributed by atoms with van der Waals surface area (Å²) in [4.78, 5) is 10.5. The average Bonchev–Trinajstić information content (AvgIpc) is 3.90. The second kappa shape index (κ2) is 11.8. The van der Waals surface area contributed by atoms with Gasteiger partial charge in [-0.1, -0.05) is 176 Å². The first-order valence-electron chi connectivity index (χ1n) is 19.2. The first-order valence-corrected chi connectivity index (χ1v) is 19.2. The number of rotatable bonds is 4. The number of hydrogen-bond donors (Lipinski definition) is 0. The first kappa shape index (κ1) is 31.0. The molecule has 260 valence electrons. The molecule has 2 aliphatic carbocycles. The quantitative estimate of drug-likeness (QED) is 0.182. The summed E-state index contributed by atoms with van der Waals surface area (Å²) in [5.41, 5.74) is 16.1. The summed E-state index contributed by atoms with van der Waals surface area (Å²) in [6.07, 6.45) is 0. The van der Waals surface area contributed by atoms with Crippen molar-refractivity contribution >= 4 is 21.7 Å². The van der Waals surface area contributed by atoms with Gasteiger partial charge in [0, 0.05) is 27.6 Å². The van der Waals surface area contributed by atoms with E-state index in [0.717, 1.165) is 61.3 Å². The number of aromatic nitrogens is 2. The third-order valence-corrected chi connectivity index (χ3v) is 11.9. The average molecular weight is 713 g/mol. The van der Waals surface area contributed by atoms with E-state index < -0.39 is 5.41 Å². The van der Waals surface area contributed by atoms with Crippen LogP contribution in [0.4, 0.5) is 0 Å². The Kier molecular flexibility index (Phi) is 6.55. The van der Waals surface area contributed by atoms with Crippen molar-refractivity contribution in [2.45, 2.75) is 5.41 Å². The molecule has 0 aliphatic heterocycles. The van der Waals surface area contributed by atoms with Gasteiger partial charge >= 0.3 is 0 Å². The van der Waals surface area contributed by atoms with E-state index in [2.05, 4.69) is 176 Å². The van der Waals surface area contributed by atoms with Gasteiger partial charge in [-0.25, -0.2) is 9.97 Å². The molecule has 0 amide bonds. The smallest absolute Gasteiger partial charge is 0.160 e. The Labute approximate surface area is 324 Å². The minimum absolute atomic E-state index is 0.598. The van der Waals surface area contributed by atoms with Crippen LogP contribution in [0.2, 0.25) is 0 Å². The Hall–Kier alpha value is -7.36. The van der Waals surface area contributed by atoms with E-state index in [1.807, 2.05) is 18.2 Å². The lowest BCUT2D eigenvalue weighted by Crippen LogP contribution is -2.25. The highest BCUT2D eigenvalue weighted by Gasteiger charge is 2.55. The van der Waals surface area contributed by atoms with Crippen LogP contribution in [0.1, 0.15) is 22.5 Å². The predicted octanol–water partition coefficient (Wildman–Crippen LogP) is 13.4. The van der Waals surface area contributed by atoms with Crippen molar-refractivity contribution in [2.24, 2.45) is 0 Å². The molecule has 0 unspecified atom stereocenters. The maximum atomic E-state index is 7.01. The molecule has 2 aliphatic rings. The lowest BCUT2D eigenvalue weighted by atomic mass is 9.72. The van der Waals surface area contributed by atoms with E-state index in [1.165, 1.54) is 44.3 Å².